The minimum atomic E-state index is 0.361. The Labute approximate surface area is 100 Å². The first kappa shape index (κ1) is 11.6. The SMILES string of the molecule is CCOc1ccc(Cc2nc(CN)n[nH]2)cc1. The van der Waals surface area contributed by atoms with Gasteiger partial charge in [-0.3, -0.25) is 5.10 Å². The van der Waals surface area contributed by atoms with Gasteiger partial charge in [0.25, 0.3) is 0 Å². The lowest BCUT2D eigenvalue weighted by atomic mass is 10.1. The van der Waals surface area contributed by atoms with Crippen LogP contribution in [0.3, 0.4) is 0 Å². The summed E-state index contributed by atoms with van der Waals surface area (Å²) < 4.78 is 5.38. The van der Waals surface area contributed by atoms with Gasteiger partial charge in [0.1, 0.15) is 11.6 Å². The van der Waals surface area contributed by atoms with Gasteiger partial charge in [0, 0.05) is 6.42 Å². The summed E-state index contributed by atoms with van der Waals surface area (Å²) in [5, 5.41) is 6.86. The van der Waals surface area contributed by atoms with E-state index in [1.807, 2.05) is 31.2 Å². The van der Waals surface area contributed by atoms with Gasteiger partial charge in [-0.2, -0.15) is 5.10 Å². The predicted molar refractivity (Wildman–Crippen MR) is 64.7 cm³/mol. The summed E-state index contributed by atoms with van der Waals surface area (Å²) in [5.41, 5.74) is 6.61. The summed E-state index contributed by atoms with van der Waals surface area (Å²) >= 11 is 0. The summed E-state index contributed by atoms with van der Waals surface area (Å²) in [6.45, 7) is 3.01. The zero-order chi connectivity index (χ0) is 12.1. The summed E-state index contributed by atoms with van der Waals surface area (Å²) in [6, 6.07) is 7.96. The molecule has 0 aliphatic heterocycles. The Morgan fingerprint density at radius 1 is 1.29 bits per heavy atom. The van der Waals surface area contributed by atoms with Crippen molar-refractivity contribution in [2.45, 2.75) is 19.9 Å². The van der Waals surface area contributed by atoms with E-state index >= 15 is 0 Å². The van der Waals surface area contributed by atoms with Crippen molar-refractivity contribution in [3.63, 3.8) is 0 Å². The highest BCUT2D eigenvalue weighted by atomic mass is 16.5. The Hall–Kier alpha value is -1.88. The van der Waals surface area contributed by atoms with E-state index in [1.165, 1.54) is 0 Å². The molecule has 90 valence electrons. The Bertz CT molecular complexity index is 464. The van der Waals surface area contributed by atoms with Crippen molar-refractivity contribution in [2.24, 2.45) is 5.73 Å². The minimum Gasteiger partial charge on any atom is -0.494 e. The van der Waals surface area contributed by atoms with Crippen molar-refractivity contribution < 1.29 is 4.74 Å². The van der Waals surface area contributed by atoms with Gasteiger partial charge < -0.3 is 10.5 Å². The van der Waals surface area contributed by atoms with Gasteiger partial charge in [0.2, 0.25) is 0 Å². The highest BCUT2D eigenvalue weighted by molar-refractivity contribution is 5.28. The molecule has 0 unspecified atom stereocenters. The fraction of sp³-hybridized carbons (Fsp3) is 0.333. The second-order valence-electron chi connectivity index (χ2n) is 3.66. The molecule has 17 heavy (non-hydrogen) atoms. The monoisotopic (exact) mass is 232 g/mol. The third-order valence-electron chi connectivity index (χ3n) is 2.37. The molecule has 1 heterocycles. The van der Waals surface area contributed by atoms with E-state index in [4.69, 9.17) is 10.5 Å². The lowest BCUT2D eigenvalue weighted by molar-refractivity contribution is 0.340. The largest absolute Gasteiger partial charge is 0.494 e. The molecule has 0 spiro atoms. The molecule has 0 saturated carbocycles. The highest BCUT2D eigenvalue weighted by Gasteiger charge is 2.03. The number of H-pyrrole nitrogens is 1. The lowest BCUT2D eigenvalue weighted by Crippen LogP contribution is -1.98. The predicted octanol–water partition coefficient (Wildman–Crippen LogP) is 1.25. The van der Waals surface area contributed by atoms with Crippen LogP contribution in [0.4, 0.5) is 0 Å². The van der Waals surface area contributed by atoms with Crippen molar-refractivity contribution >= 4 is 0 Å². The topological polar surface area (TPSA) is 76.8 Å². The zero-order valence-electron chi connectivity index (χ0n) is 9.81. The van der Waals surface area contributed by atoms with Crippen LogP contribution in [0.1, 0.15) is 24.1 Å². The molecule has 2 aromatic rings. The maximum Gasteiger partial charge on any atom is 0.164 e. The Morgan fingerprint density at radius 3 is 2.65 bits per heavy atom. The molecule has 1 aromatic heterocycles. The van der Waals surface area contributed by atoms with Gasteiger partial charge in [-0.05, 0) is 24.6 Å². The van der Waals surface area contributed by atoms with Crippen molar-refractivity contribution in [2.75, 3.05) is 6.61 Å². The van der Waals surface area contributed by atoms with Crippen LogP contribution in [0, 0.1) is 0 Å². The first-order valence-electron chi connectivity index (χ1n) is 5.63. The molecule has 0 aliphatic rings. The van der Waals surface area contributed by atoms with Crippen LogP contribution in [0.5, 0.6) is 5.75 Å². The van der Waals surface area contributed by atoms with Crippen molar-refractivity contribution in [1.82, 2.24) is 15.2 Å². The second kappa shape index (κ2) is 5.45. The molecule has 0 atom stereocenters. The number of benzene rings is 1. The molecule has 2 rings (SSSR count). The minimum absolute atomic E-state index is 0.361. The number of ether oxygens (including phenoxy) is 1. The van der Waals surface area contributed by atoms with E-state index in [0.717, 1.165) is 23.6 Å². The van der Waals surface area contributed by atoms with Crippen LogP contribution in [-0.4, -0.2) is 21.8 Å². The van der Waals surface area contributed by atoms with E-state index in [1.54, 1.807) is 0 Å². The van der Waals surface area contributed by atoms with Gasteiger partial charge >= 0.3 is 0 Å². The molecule has 5 heteroatoms. The van der Waals surface area contributed by atoms with Gasteiger partial charge in [0.05, 0.1) is 13.2 Å². The summed E-state index contributed by atoms with van der Waals surface area (Å²) in [4.78, 5) is 4.26. The molecule has 0 bridgehead atoms. The molecular formula is C12H16N4O. The maximum atomic E-state index is 5.45. The molecule has 0 radical (unpaired) electrons. The fourth-order valence-corrected chi connectivity index (χ4v) is 1.57. The Balaban J connectivity index is 2.03. The molecule has 0 aliphatic carbocycles. The molecule has 5 nitrogen and oxygen atoms in total. The molecule has 0 fully saturated rings. The van der Waals surface area contributed by atoms with Crippen molar-refractivity contribution in [3.8, 4) is 5.75 Å². The molecule has 1 aromatic carbocycles. The Kier molecular flexibility index (Phi) is 3.72. The Morgan fingerprint density at radius 2 is 2.06 bits per heavy atom. The van der Waals surface area contributed by atoms with Crippen LogP contribution >= 0.6 is 0 Å². The first-order valence-corrected chi connectivity index (χ1v) is 5.63. The molecule has 3 N–H and O–H groups in total. The van der Waals surface area contributed by atoms with Crippen LogP contribution in [-0.2, 0) is 13.0 Å². The van der Waals surface area contributed by atoms with Crippen LogP contribution in [0.15, 0.2) is 24.3 Å². The van der Waals surface area contributed by atoms with Gasteiger partial charge in [0.15, 0.2) is 5.82 Å². The van der Waals surface area contributed by atoms with E-state index in [2.05, 4.69) is 15.2 Å². The van der Waals surface area contributed by atoms with Crippen LogP contribution in [0.2, 0.25) is 0 Å². The third-order valence-corrected chi connectivity index (χ3v) is 2.37. The smallest absolute Gasteiger partial charge is 0.164 e. The number of nitrogens with two attached hydrogens (primary N) is 1. The van der Waals surface area contributed by atoms with Gasteiger partial charge in [-0.1, -0.05) is 12.1 Å². The zero-order valence-corrected chi connectivity index (χ0v) is 9.81. The van der Waals surface area contributed by atoms with E-state index in [0.29, 0.717) is 19.0 Å². The average molecular weight is 232 g/mol. The van der Waals surface area contributed by atoms with Crippen LogP contribution in [0.25, 0.3) is 0 Å². The molecule has 0 amide bonds. The van der Waals surface area contributed by atoms with Gasteiger partial charge in [-0.25, -0.2) is 4.98 Å². The quantitative estimate of drug-likeness (QED) is 0.813. The summed E-state index contributed by atoms with van der Waals surface area (Å²) in [7, 11) is 0. The number of hydrogen-bond acceptors (Lipinski definition) is 4. The van der Waals surface area contributed by atoms with E-state index in [-0.39, 0.29) is 0 Å². The number of aromatic amines is 1. The van der Waals surface area contributed by atoms with Crippen LogP contribution < -0.4 is 10.5 Å². The third kappa shape index (κ3) is 3.04. The number of nitrogens with one attached hydrogen (secondary N) is 1. The lowest BCUT2D eigenvalue weighted by Gasteiger charge is -2.03. The number of hydrogen-bond donors (Lipinski definition) is 2. The van der Waals surface area contributed by atoms with E-state index in [9.17, 15) is 0 Å². The normalized spacial score (nSPS) is 10.5. The first-order chi connectivity index (χ1) is 8.31. The fourth-order valence-electron chi connectivity index (χ4n) is 1.57. The van der Waals surface area contributed by atoms with Crippen molar-refractivity contribution in [3.05, 3.63) is 41.5 Å². The molecule has 0 saturated heterocycles. The van der Waals surface area contributed by atoms with E-state index < -0.39 is 0 Å². The summed E-state index contributed by atoms with van der Waals surface area (Å²) in [5.74, 6) is 2.36. The standard InChI is InChI=1S/C12H16N4O/c1-2-17-10-5-3-9(4-6-10)7-11-14-12(8-13)16-15-11/h3-6H,2,7-8,13H2,1H3,(H,14,15,16). The second-order valence-corrected chi connectivity index (χ2v) is 3.66. The number of aromatic nitrogens is 3. The molecular weight excluding hydrogens is 216 g/mol. The van der Waals surface area contributed by atoms with Gasteiger partial charge in [-0.15, -0.1) is 0 Å². The average Bonchev–Trinajstić information content (AvgIpc) is 2.80. The number of rotatable bonds is 5. The summed E-state index contributed by atoms with van der Waals surface area (Å²) in [6.07, 6.45) is 0.722. The van der Waals surface area contributed by atoms with Crippen molar-refractivity contribution in [1.29, 1.82) is 0 Å². The highest BCUT2D eigenvalue weighted by Crippen LogP contribution is 2.13. The number of nitrogens with zero attached hydrogens (tertiary/aromatic N) is 2. The maximum absolute atomic E-state index is 5.45.